The van der Waals surface area contributed by atoms with Gasteiger partial charge in [0.25, 0.3) is 5.91 Å². The van der Waals surface area contributed by atoms with Crippen LogP contribution in [-0.2, 0) is 4.74 Å². The fraction of sp³-hybridized carbons (Fsp3) is 0.333. The maximum Gasteiger partial charge on any atom is 0.267 e. The van der Waals surface area contributed by atoms with Gasteiger partial charge in [0.2, 0.25) is 0 Å². The van der Waals surface area contributed by atoms with Gasteiger partial charge in [-0.3, -0.25) is 4.79 Å². The third-order valence-electron chi connectivity index (χ3n) is 3.71. The number of pyridine rings is 1. The number of rotatable bonds is 2. The van der Waals surface area contributed by atoms with E-state index < -0.39 is 12.0 Å². The van der Waals surface area contributed by atoms with Crippen LogP contribution < -0.4 is 5.73 Å². The summed E-state index contributed by atoms with van der Waals surface area (Å²) < 4.78 is 5.41. The van der Waals surface area contributed by atoms with E-state index in [2.05, 4.69) is 4.98 Å². The minimum Gasteiger partial charge on any atom is -0.392 e. The van der Waals surface area contributed by atoms with Crippen molar-refractivity contribution < 1.29 is 14.6 Å². The number of benzene rings is 1. The molecule has 2 aromatic rings. The van der Waals surface area contributed by atoms with Gasteiger partial charge in [-0.1, -0.05) is 18.2 Å². The Bertz CT molecular complexity index is 657. The van der Waals surface area contributed by atoms with Crippen LogP contribution in [0, 0.1) is 0 Å². The first kappa shape index (κ1) is 13.0. The van der Waals surface area contributed by atoms with E-state index in [1.807, 2.05) is 30.3 Å². The quantitative estimate of drug-likeness (QED) is 0.860. The Morgan fingerprint density at radius 2 is 2.20 bits per heavy atom. The zero-order valence-corrected chi connectivity index (χ0v) is 11.0. The predicted octanol–water partition coefficient (Wildman–Crippen LogP) is 1.20. The number of nitrogens with zero attached hydrogens (tertiary/aromatic N) is 1. The number of nitrogens with two attached hydrogens (primary N) is 1. The molecule has 0 radical (unpaired) electrons. The van der Waals surface area contributed by atoms with Gasteiger partial charge in [0.15, 0.2) is 0 Å². The number of primary amides is 1. The summed E-state index contributed by atoms with van der Waals surface area (Å²) in [6.45, 7) is 0.909. The first-order valence-electron chi connectivity index (χ1n) is 6.62. The maximum atomic E-state index is 11.7. The molecule has 20 heavy (non-hydrogen) atoms. The van der Waals surface area contributed by atoms with Crippen molar-refractivity contribution in [1.29, 1.82) is 0 Å². The summed E-state index contributed by atoms with van der Waals surface area (Å²) in [5.41, 5.74) is 7.04. The van der Waals surface area contributed by atoms with Gasteiger partial charge in [-0.05, 0) is 24.1 Å². The lowest BCUT2D eigenvalue weighted by atomic mass is 9.88. The topological polar surface area (TPSA) is 85.4 Å². The Morgan fingerprint density at radius 1 is 1.40 bits per heavy atom. The zero-order valence-electron chi connectivity index (χ0n) is 11.0. The average molecular weight is 272 g/mol. The Hall–Kier alpha value is -1.98. The maximum absolute atomic E-state index is 11.7. The predicted molar refractivity (Wildman–Crippen MR) is 74.4 cm³/mol. The Kier molecular flexibility index (Phi) is 3.38. The lowest BCUT2D eigenvalue weighted by Crippen LogP contribution is -2.32. The van der Waals surface area contributed by atoms with Crippen molar-refractivity contribution in [3.8, 4) is 0 Å². The van der Waals surface area contributed by atoms with Crippen molar-refractivity contribution >= 4 is 16.8 Å². The van der Waals surface area contributed by atoms with Crippen LogP contribution in [0.4, 0.5) is 0 Å². The first-order chi connectivity index (χ1) is 9.66. The molecule has 104 valence electrons. The van der Waals surface area contributed by atoms with Gasteiger partial charge in [0.05, 0.1) is 18.2 Å². The second-order valence-electron chi connectivity index (χ2n) is 5.02. The van der Waals surface area contributed by atoms with Gasteiger partial charge >= 0.3 is 0 Å². The summed E-state index contributed by atoms with van der Waals surface area (Å²) in [6.07, 6.45) is 0.0141. The third kappa shape index (κ3) is 2.26. The first-order valence-corrected chi connectivity index (χ1v) is 6.62. The average Bonchev–Trinajstić information content (AvgIpc) is 2.46. The second kappa shape index (κ2) is 5.19. The van der Waals surface area contributed by atoms with Gasteiger partial charge < -0.3 is 15.6 Å². The number of amides is 1. The summed E-state index contributed by atoms with van der Waals surface area (Å²) in [7, 11) is 0. The fourth-order valence-corrected chi connectivity index (χ4v) is 2.64. The van der Waals surface area contributed by atoms with E-state index in [4.69, 9.17) is 10.5 Å². The minimum atomic E-state index is -0.580. The van der Waals surface area contributed by atoms with Gasteiger partial charge in [0, 0.05) is 17.9 Å². The molecule has 1 saturated heterocycles. The van der Waals surface area contributed by atoms with Crippen molar-refractivity contribution in [2.75, 3.05) is 13.2 Å². The molecule has 2 heterocycles. The van der Waals surface area contributed by atoms with Crippen LogP contribution >= 0.6 is 0 Å². The number of aliphatic hydroxyl groups excluding tert-OH is 1. The molecule has 1 aliphatic heterocycles. The monoisotopic (exact) mass is 272 g/mol. The van der Waals surface area contributed by atoms with Crippen LogP contribution in [0.1, 0.15) is 28.4 Å². The van der Waals surface area contributed by atoms with E-state index in [0.717, 1.165) is 10.9 Å². The number of aliphatic hydroxyl groups is 1. The normalized spacial score (nSPS) is 22.9. The zero-order chi connectivity index (χ0) is 14.1. The van der Waals surface area contributed by atoms with Gasteiger partial charge in [-0.2, -0.15) is 0 Å². The van der Waals surface area contributed by atoms with Crippen LogP contribution in [0.25, 0.3) is 10.9 Å². The third-order valence-corrected chi connectivity index (χ3v) is 3.71. The van der Waals surface area contributed by atoms with Crippen LogP contribution in [-0.4, -0.2) is 35.3 Å². The van der Waals surface area contributed by atoms with E-state index in [1.165, 1.54) is 0 Å². The van der Waals surface area contributed by atoms with E-state index in [-0.39, 0.29) is 11.6 Å². The van der Waals surface area contributed by atoms with E-state index in [9.17, 15) is 9.90 Å². The molecular formula is C15H16N2O3. The number of carbonyl (C=O) groups excluding carboxylic acids is 1. The highest BCUT2D eigenvalue weighted by Crippen LogP contribution is 2.30. The molecule has 1 amide bonds. The second-order valence-corrected chi connectivity index (χ2v) is 5.02. The smallest absolute Gasteiger partial charge is 0.267 e. The molecule has 0 spiro atoms. The number of carbonyl (C=O) groups is 1. The minimum absolute atomic E-state index is 0.221. The highest BCUT2D eigenvalue weighted by Gasteiger charge is 2.29. The lowest BCUT2D eigenvalue weighted by Gasteiger charge is -2.29. The molecule has 1 aromatic carbocycles. The van der Waals surface area contributed by atoms with E-state index in [1.54, 1.807) is 0 Å². The van der Waals surface area contributed by atoms with Crippen molar-refractivity contribution in [2.45, 2.75) is 18.4 Å². The molecule has 5 heteroatoms. The molecule has 2 atom stereocenters. The molecule has 1 fully saturated rings. The number of para-hydroxylation sites is 1. The standard InChI is InChI=1S/C15H16N2O3/c16-15(19)14-10(11-8-20-6-5-13(11)18)7-9-3-1-2-4-12(9)17-14/h1-4,7,11,13,18H,5-6,8H2,(H2,16,19)/t11-,13+/m1/s1. The Labute approximate surface area is 116 Å². The van der Waals surface area contributed by atoms with E-state index in [0.29, 0.717) is 25.2 Å². The van der Waals surface area contributed by atoms with Crippen molar-refractivity contribution in [3.63, 3.8) is 0 Å². The molecule has 0 unspecified atom stereocenters. The van der Waals surface area contributed by atoms with E-state index >= 15 is 0 Å². The summed E-state index contributed by atoms with van der Waals surface area (Å²) in [5, 5.41) is 11.1. The number of ether oxygens (including phenoxy) is 1. The van der Waals surface area contributed by atoms with Crippen molar-refractivity contribution in [3.05, 3.63) is 41.6 Å². The van der Waals surface area contributed by atoms with Gasteiger partial charge in [0.1, 0.15) is 5.69 Å². The molecular weight excluding hydrogens is 256 g/mol. The molecule has 3 N–H and O–H groups in total. The summed E-state index contributed by atoms with van der Waals surface area (Å²) in [5.74, 6) is -0.841. The van der Waals surface area contributed by atoms with Crippen LogP contribution in [0.3, 0.4) is 0 Å². The fourth-order valence-electron chi connectivity index (χ4n) is 2.64. The molecule has 3 rings (SSSR count). The Balaban J connectivity index is 2.16. The van der Waals surface area contributed by atoms with Crippen molar-refractivity contribution in [2.24, 2.45) is 5.73 Å². The number of fused-ring (bicyclic) bond motifs is 1. The molecule has 0 aliphatic carbocycles. The van der Waals surface area contributed by atoms with Crippen LogP contribution in [0.2, 0.25) is 0 Å². The summed E-state index contributed by atoms with van der Waals surface area (Å²) in [6, 6.07) is 9.40. The SMILES string of the molecule is NC(=O)c1nc2ccccc2cc1[C@H]1COCC[C@@H]1O. The van der Waals surface area contributed by atoms with Crippen LogP contribution in [0.5, 0.6) is 0 Å². The molecule has 1 aromatic heterocycles. The highest BCUT2D eigenvalue weighted by molar-refractivity contribution is 5.95. The largest absolute Gasteiger partial charge is 0.392 e. The lowest BCUT2D eigenvalue weighted by molar-refractivity contribution is -0.00613. The molecule has 0 saturated carbocycles. The summed E-state index contributed by atoms with van der Waals surface area (Å²) >= 11 is 0. The molecule has 5 nitrogen and oxygen atoms in total. The number of hydrogen-bond acceptors (Lipinski definition) is 4. The van der Waals surface area contributed by atoms with Gasteiger partial charge in [-0.25, -0.2) is 4.98 Å². The number of hydrogen-bond donors (Lipinski definition) is 2. The highest BCUT2D eigenvalue weighted by atomic mass is 16.5. The Morgan fingerprint density at radius 3 is 2.95 bits per heavy atom. The molecule has 1 aliphatic rings. The van der Waals surface area contributed by atoms with Gasteiger partial charge in [-0.15, -0.1) is 0 Å². The number of aromatic nitrogens is 1. The molecule has 0 bridgehead atoms. The summed E-state index contributed by atoms with van der Waals surface area (Å²) in [4.78, 5) is 16.0. The van der Waals surface area contributed by atoms with Crippen LogP contribution in [0.15, 0.2) is 30.3 Å². The van der Waals surface area contributed by atoms with Crippen molar-refractivity contribution in [1.82, 2.24) is 4.98 Å².